The molecule has 2 aromatic carbocycles. The molecule has 0 bridgehead atoms. The molecule has 2 amide bonds. The third-order valence-corrected chi connectivity index (χ3v) is 6.88. The van der Waals surface area contributed by atoms with Crippen molar-refractivity contribution in [1.82, 2.24) is 9.80 Å². The van der Waals surface area contributed by atoms with E-state index >= 15 is 0 Å². The van der Waals surface area contributed by atoms with E-state index in [4.69, 9.17) is 23.2 Å². The first-order valence-electron chi connectivity index (χ1n) is 10.9. The van der Waals surface area contributed by atoms with Gasteiger partial charge in [-0.2, -0.15) is 0 Å². The number of para-hydroxylation sites is 1. The van der Waals surface area contributed by atoms with Crippen molar-refractivity contribution in [2.24, 2.45) is 0 Å². The van der Waals surface area contributed by atoms with Crippen LogP contribution in [0.15, 0.2) is 48.5 Å². The van der Waals surface area contributed by atoms with Gasteiger partial charge in [0.1, 0.15) is 0 Å². The summed E-state index contributed by atoms with van der Waals surface area (Å²) in [5.41, 5.74) is 1.47. The standard InChI is InChI=1S/C24H27Cl2N3O2/c25-21-9-8-18(16-22(21)26)24(31)28-14-10-20(11-15-28)29(19-6-2-1-3-7-19)23(30)17-27-12-4-5-13-27/h1-3,6-9,16,20H,4-5,10-15,17H2. The van der Waals surface area contributed by atoms with E-state index in [2.05, 4.69) is 4.90 Å². The maximum absolute atomic E-state index is 13.3. The Bertz CT molecular complexity index is 924. The maximum Gasteiger partial charge on any atom is 0.253 e. The first kappa shape index (κ1) is 22.1. The van der Waals surface area contributed by atoms with E-state index in [9.17, 15) is 9.59 Å². The van der Waals surface area contributed by atoms with E-state index in [-0.39, 0.29) is 17.9 Å². The van der Waals surface area contributed by atoms with Gasteiger partial charge < -0.3 is 9.80 Å². The van der Waals surface area contributed by atoms with E-state index in [1.807, 2.05) is 40.1 Å². The second-order valence-electron chi connectivity index (χ2n) is 8.23. The van der Waals surface area contributed by atoms with Crippen LogP contribution in [0, 0.1) is 0 Å². The fourth-order valence-electron chi connectivity index (χ4n) is 4.49. The lowest BCUT2D eigenvalue weighted by atomic mass is 10.0. The van der Waals surface area contributed by atoms with Crippen molar-refractivity contribution in [1.29, 1.82) is 0 Å². The molecule has 0 unspecified atom stereocenters. The van der Waals surface area contributed by atoms with Gasteiger partial charge in [-0.1, -0.05) is 41.4 Å². The number of rotatable bonds is 5. The number of hydrogen-bond acceptors (Lipinski definition) is 3. The summed E-state index contributed by atoms with van der Waals surface area (Å²) >= 11 is 12.1. The Balaban J connectivity index is 1.45. The third-order valence-electron chi connectivity index (χ3n) is 6.14. The molecule has 0 aliphatic carbocycles. The van der Waals surface area contributed by atoms with E-state index in [0.29, 0.717) is 35.2 Å². The van der Waals surface area contributed by atoms with Crippen molar-refractivity contribution < 1.29 is 9.59 Å². The largest absolute Gasteiger partial charge is 0.338 e. The highest BCUT2D eigenvalue weighted by atomic mass is 35.5. The first-order valence-corrected chi connectivity index (χ1v) is 11.6. The molecule has 0 radical (unpaired) electrons. The fourth-order valence-corrected chi connectivity index (χ4v) is 4.79. The number of carbonyl (C=O) groups is 2. The predicted octanol–water partition coefficient (Wildman–Crippen LogP) is 4.73. The van der Waals surface area contributed by atoms with Crippen molar-refractivity contribution in [3.8, 4) is 0 Å². The van der Waals surface area contributed by atoms with Crippen molar-refractivity contribution in [3.05, 3.63) is 64.1 Å². The fraction of sp³-hybridized carbons (Fsp3) is 0.417. The zero-order valence-corrected chi connectivity index (χ0v) is 19.0. The van der Waals surface area contributed by atoms with Crippen molar-refractivity contribution in [3.63, 3.8) is 0 Å². The van der Waals surface area contributed by atoms with Crippen molar-refractivity contribution in [2.75, 3.05) is 37.6 Å². The summed E-state index contributed by atoms with van der Waals surface area (Å²) in [6, 6.07) is 14.9. The number of benzene rings is 2. The van der Waals surface area contributed by atoms with E-state index in [1.54, 1.807) is 18.2 Å². The molecule has 2 aliphatic rings. The Hall–Kier alpha value is -2.08. The molecular formula is C24H27Cl2N3O2. The minimum absolute atomic E-state index is 0.0494. The minimum atomic E-state index is -0.0494. The van der Waals surface area contributed by atoms with E-state index in [0.717, 1.165) is 44.5 Å². The van der Waals surface area contributed by atoms with Gasteiger partial charge in [-0.05, 0) is 69.1 Å². The molecule has 0 spiro atoms. The van der Waals surface area contributed by atoms with Crippen LogP contribution in [0.4, 0.5) is 5.69 Å². The summed E-state index contributed by atoms with van der Waals surface area (Å²) < 4.78 is 0. The van der Waals surface area contributed by atoms with Gasteiger partial charge in [0, 0.05) is 30.4 Å². The summed E-state index contributed by atoms with van der Waals surface area (Å²) in [6.07, 6.45) is 3.81. The van der Waals surface area contributed by atoms with Crippen LogP contribution in [0.2, 0.25) is 10.0 Å². The lowest BCUT2D eigenvalue weighted by Gasteiger charge is -2.39. The topological polar surface area (TPSA) is 43.9 Å². The van der Waals surface area contributed by atoms with Gasteiger partial charge in [0.25, 0.3) is 5.91 Å². The molecule has 2 fully saturated rings. The summed E-state index contributed by atoms with van der Waals surface area (Å²) in [7, 11) is 0. The van der Waals surface area contributed by atoms with Crippen LogP contribution in [0.1, 0.15) is 36.0 Å². The molecule has 0 saturated carbocycles. The second kappa shape index (κ2) is 10.0. The zero-order chi connectivity index (χ0) is 21.8. The lowest BCUT2D eigenvalue weighted by molar-refractivity contribution is -0.120. The molecule has 2 heterocycles. The molecule has 2 aliphatic heterocycles. The number of halogens is 2. The van der Waals surface area contributed by atoms with Crippen LogP contribution in [0.3, 0.4) is 0 Å². The highest BCUT2D eigenvalue weighted by molar-refractivity contribution is 6.42. The molecular weight excluding hydrogens is 433 g/mol. The van der Waals surface area contributed by atoms with Crippen LogP contribution in [-0.2, 0) is 4.79 Å². The summed E-state index contributed by atoms with van der Waals surface area (Å²) in [5, 5.41) is 0.817. The molecule has 0 atom stereocenters. The Kier molecular flexibility index (Phi) is 7.16. The monoisotopic (exact) mass is 459 g/mol. The van der Waals surface area contributed by atoms with Crippen molar-refractivity contribution >= 4 is 40.7 Å². The van der Waals surface area contributed by atoms with Crippen LogP contribution >= 0.6 is 23.2 Å². The van der Waals surface area contributed by atoms with E-state index in [1.165, 1.54) is 0 Å². The molecule has 31 heavy (non-hydrogen) atoms. The zero-order valence-electron chi connectivity index (χ0n) is 17.5. The number of amides is 2. The smallest absolute Gasteiger partial charge is 0.253 e. The highest BCUT2D eigenvalue weighted by Gasteiger charge is 2.32. The Morgan fingerprint density at radius 3 is 2.23 bits per heavy atom. The SMILES string of the molecule is O=C(c1ccc(Cl)c(Cl)c1)N1CCC(N(C(=O)CN2CCCC2)c2ccccc2)CC1. The average Bonchev–Trinajstić information content (AvgIpc) is 3.29. The number of carbonyl (C=O) groups excluding carboxylic acids is 2. The number of likely N-dealkylation sites (tertiary alicyclic amines) is 2. The van der Waals surface area contributed by atoms with Gasteiger partial charge in [-0.25, -0.2) is 0 Å². The molecule has 164 valence electrons. The van der Waals surface area contributed by atoms with Gasteiger partial charge in [-0.15, -0.1) is 0 Å². The molecule has 5 nitrogen and oxygen atoms in total. The third kappa shape index (κ3) is 5.22. The van der Waals surface area contributed by atoms with Crippen molar-refractivity contribution in [2.45, 2.75) is 31.7 Å². The quantitative estimate of drug-likeness (QED) is 0.648. The average molecular weight is 460 g/mol. The molecule has 0 aromatic heterocycles. The lowest BCUT2D eigenvalue weighted by Crippen LogP contribution is -2.51. The normalized spacial score (nSPS) is 17.7. The summed E-state index contributed by atoms with van der Waals surface area (Å²) in [6.45, 7) is 3.64. The Labute approximate surface area is 193 Å². The van der Waals surface area contributed by atoms with Crippen LogP contribution in [0.25, 0.3) is 0 Å². The van der Waals surface area contributed by atoms with Crippen LogP contribution in [-0.4, -0.2) is 60.4 Å². The molecule has 2 saturated heterocycles. The minimum Gasteiger partial charge on any atom is -0.338 e. The number of piperidine rings is 1. The van der Waals surface area contributed by atoms with Crippen LogP contribution < -0.4 is 4.90 Å². The van der Waals surface area contributed by atoms with Gasteiger partial charge >= 0.3 is 0 Å². The van der Waals surface area contributed by atoms with Crippen LogP contribution in [0.5, 0.6) is 0 Å². The maximum atomic E-state index is 13.3. The number of anilines is 1. The van der Waals surface area contributed by atoms with Gasteiger partial charge in [-0.3, -0.25) is 14.5 Å². The van der Waals surface area contributed by atoms with Gasteiger partial charge in [0.2, 0.25) is 5.91 Å². The highest BCUT2D eigenvalue weighted by Crippen LogP contribution is 2.27. The number of hydrogen-bond donors (Lipinski definition) is 0. The predicted molar refractivity (Wildman–Crippen MR) is 125 cm³/mol. The molecule has 0 N–H and O–H groups in total. The first-order chi connectivity index (χ1) is 15.0. The molecule has 2 aromatic rings. The Morgan fingerprint density at radius 1 is 0.903 bits per heavy atom. The summed E-state index contributed by atoms with van der Waals surface area (Å²) in [4.78, 5) is 32.2. The molecule has 7 heteroatoms. The summed E-state index contributed by atoms with van der Waals surface area (Å²) in [5.74, 6) is 0.0917. The van der Waals surface area contributed by atoms with E-state index < -0.39 is 0 Å². The molecule has 4 rings (SSSR count). The second-order valence-corrected chi connectivity index (χ2v) is 9.05. The Morgan fingerprint density at radius 2 is 1.58 bits per heavy atom. The number of nitrogens with zero attached hydrogens (tertiary/aromatic N) is 3. The van der Waals surface area contributed by atoms with Gasteiger partial charge in [0.05, 0.1) is 16.6 Å². The van der Waals surface area contributed by atoms with Gasteiger partial charge in [0.15, 0.2) is 0 Å².